The van der Waals surface area contributed by atoms with E-state index in [4.69, 9.17) is 4.74 Å². The van der Waals surface area contributed by atoms with Gasteiger partial charge in [0.05, 0.1) is 7.11 Å². The average Bonchev–Trinajstić information content (AvgIpc) is 2.70. The molecule has 0 aliphatic carbocycles. The molecule has 4 heteroatoms. The second-order valence-electron chi connectivity index (χ2n) is 6.95. The van der Waals surface area contributed by atoms with Crippen LogP contribution in [0.15, 0.2) is 66.7 Å². The van der Waals surface area contributed by atoms with E-state index >= 15 is 0 Å². The van der Waals surface area contributed by atoms with E-state index in [1.54, 1.807) is 7.11 Å². The number of carbonyl (C=O) groups excluding carboxylic acids is 1. The van der Waals surface area contributed by atoms with Crippen molar-refractivity contribution in [2.24, 2.45) is 0 Å². The zero-order valence-electron chi connectivity index (χ0n) is 16.1. The molecule has 1 amide bonds. The van der Waals surface area contributed by atoms with Crippen molar-refractivity contribution in [1.29, 1.82) is 0 Å². The number of ether oxygens (including phenoxy) is 1. The van der Waals surface area contributed by atoms with Crippen molar-refractivity contribution >= 4 is 16.7 Å². The molecule has 0 fully saturated rings. The summed E-state index contributed by atoms with van der Waals surface area (Å²) < 4.78 is 5.25. The lowest BCUT2D eigenvalue weighted by atomic mass is 10.0. The predicted molar refractivity (Wildman–Crippen MR) is 110 cm³/mol. The van der Waals surface area contributed by atoms with Crippen LogP contribution in [0, 0.1) is 0 Å². The smallest absolute Gasteiger partial charge is 0.251 e. The van der Waals surface area contributed by atoms with Crippen LogP contribution in [0.5, 0.6) is 5.75 Å². The maximum absolute atomic E-state index is 12.6. The zero-order valence-corrected chi connectivity index (χ0v) is 16.1. The second kappa shape index (κ2) is 8.69. The molecule has 1 N–H and O–H groups in total. The molecule has 3 rings (SSSR count). The Kier molecular flexibility index (Phi) is 6.09. The second-order valence-corrected chi connectivity index (χ2v) is 6.95. The van der Waals surface area contributed by atoms with Gasteiger partial charge in [-0.15, -0.1) is 0 Å². The van der Waals surface area contributed by atoms with Gasteiger partial charge in [0.15, 0.2) is 0 Å². The molecule has 3 aromatic rings. The lowest BCUT2D eigenvalue weighted by Gasteiger charge is -2.25. The summed E-state index contributed by atoms with van der Waals surface area (Å²) >= 11 is 0. The fraction of sp³-hybridized carbons (Fsp3) is 0.261. The first-order valence-corrected chi connectivity index (χ1v) is 9.13. The minimum absolute atomic E-state index is 0.0485. The van der Waals surface area contributed by atoms with Crippen molar-refractivity contribution in [2.75, 3.05) is 27.7 Å². The molecule has 0 unspecified atom stereocenters. The van der Waals surface area contributed by atoms with Crippen LogP contribution >= 0.6 is 0 Å². The van der Waals surface area contributed by atoms with Gasteiger partial charge in [0.1, 0.15) is 5.75 Å². The van der Waals surface area contributed by atoms with Crippen molar-refractivity contribution in [1.82, 2.24) is 10.2 Å². The molecule has 1 atom stereocenters. The number of carbonyl (C=O) groups is 1. The van der Waals surface area contributed by atoms with Crippen LogP contribution in [0.4, 0.5) is 0 Å². The lowest BCUT2D eigenvalue weighted by Crippen LogP contribution is -2.41. The number of fused-ring (bicyclic) bond motifs is 1. The van der Waals surface area contributed by atoms with Crippen molar-refractivity contribution in [3.63, 3.8) is 0 Å². The Balaban J connectivity index is 1.67. The van der Waals surface area contributed by atoms with Gasteiger partial charge in [-0.05, 0) is 61.1 Å². The highest BCUT2D eigenvalue weighted by Gasteiger charge is 2.15. The Labute approximate surface area is 160 Å². The van der Waals surface area contributed by atoms with Crippen LogP contribution in [0.1, 0.15) is 15.9 Å². The highest BCUT2D eigenvalue weighted by Crippen LogP contribution is 2.21. The van der Waals surface area contributed by atoms with E-state index in [0.29, 0.717) is 12.1 Å². The van der Waals surface area contributed by atoms with E-state index in [2.05, 4.69) is 22.3 Å². The Hall–Kier alpha value is -2.85. The summed E-state index contributed by atoms with van der Waals surface area (Å²) in [7, 11) is 5.74. The molecule has 0 bridgehead atoms. The Morgan fingerprint density at radius 1 is 1.00 bits per heavy atom. The number of methoxy groups -OCH3 is 1. The molecule has 4 nitrogen and oxygen atoms in total. The van der Waals surface area contributed by atoms with Crippen LogP contribution in [0.2, 0.25) is 0 Å². The van der Waals surface area contributed by atoms with Gasteiger partial charge in [-0.2, -0.15) is 0 Å². The van der Waals surface area contributed by atoms with Gasteiger partial charge in [-0.1, -0.05) is 42.5 Å². The van der Waals surface area contributed by atoms with E-state index in [-0.39, 0.29) is 11.9 Å². The molecule has 0 saturated carbocycles. The fourth-order valence-corrected chi connectivity index (χ4v) is 3.13. The van der Waals surface area contributed by atoms with Gasteiger partial charge in [0, 0.05) is 18.2 Å². The minimum atomic E-state index is -0.0485. The summed E-state index contributed by atoms with van der Waals surface area (Å²) in [6, 6.07) is 22.2. The number of likely N-dealkylation sites (N-methyl/N-ethyl adjacent to an activating group) is 1. The van der Waals surface area contributed by atoms with Crippen molar-refractivity contribution < 1.29 is 9.53 Å². The highest BCUT2D eigenvalue weighted by molar-refractivity contribution is 5.98. The average molecular weight is 362 g/mol. The number of nitrogens with zero attached hydrogens (tertiary/aromatic N) is 1. The largest absolute Gasteiger partial charge is 0.497 e. The Morgan fingerprint density at radius 2 is 1.70 bits per heavy atom. The number of hydrogen-bond acceptors (Lipinski definition) is 3. The maximum atomic E-state index is 12.6. The summed E-state index contributed by atoms with van der Waals surface area (Å²) in [4.78, 5) is 14.8. The van der Waals surface area contributed by atoms with Gasteiger partial charge < -0.3 is 15.0 Å². The summed E-state index contributed by atoms with van der Waals surface area (Å²) in [6.45, 7) is 0.599. The predicted octanol–water partition coefficient (Wildman–Crippen LogP) is 3.75. The first kappa shape index (κ1) is 18.9. The van der Waals surface area contributed by atoms with Gasteiger partial charge in [0.2, 0.25) is 0 Å². The summed E-state index contributed by atoms with van der Waals surface area (Å²) in [5.74, 6) is 0.766. The van der Waals surface area contributed by atoms with E-state index in [9.17, 15) is 4.79 Å². The van der Waals surface area contributed by atoms with Gasteiger partial charge >= 0.3 is 0 Å². The molecule has 140 valence electrons. The number of hydrogen-bond donors (Lipinski definition) is 1. The minimum Gasteiger partial charge on any atom is -0.497 e. The van der Waals surface area contributed by atoms with Crippen molar-refractivity contribution in [3.8, 4) is 5.75 Å². The maximum Gasteiger partial charge on any atom is 0.251 e. The molecular weight excluding hydrogens is 336 g/mol. The molecule has 0 saturated heterocycles. The molecular formula is C23H26N2O2. The topological polar surface area (TPSA) is 41.6 Å². The van der Waals surface area contributed by atoms with Crippen LogP contribution in [0.3, 0.4) is 0 Å². The standard InChI is InChI=1S/C23H26N2O2/c1-25(2)21(13-17-7-5-4-6-8-17)16-24-23(26)20-10-9-19-15-22(27-3)12-11-18(19)14-20/h4-12,14-15,21H,13,16H2,1-3H3,(H,24,26)/t21-/m0/s1. The SMILES string of the molecule is COc1ccc2cc(C(=O)NC[C@H](Cc3ccccc3)N(C)C)ccc2c1. The van der Waals surface area contributed by atoms with Crippen LogP contribution < -0.4 is 10.1 Å². The summed E-state index contributed by atoms with van der Waals surface area (Å²) in [5.41, 5.74) is 1.94. The van der Waals surface area contributed by atoms with Crippen molar-refractivity contribution in [2.45, 2.75) is 12.5 Å². The number of nitrogens with one attached hydrogen (secondary N) is 1. The van der Waals surface area contributed by atoms with Crippen molar-refractivity contribution in [3.05, 3.63) is 77.9 Å². The molecule has 0 radical (unpaired) electrons. The lowest BCUT2D eigenvalue weighted by molar-refractivity contribution is 0.0942. The molecule has 0 aromatic heterocycles. The third-order valence-corrected chi connectivity index (χ3v) is 4.85. The van der Waals surface area contributed by atoms with E-state index < -0.39 is 0 Å². The zero-order chi connectivity index (χ0) is 19.2. The number of benzene rings is 3. The van der Waals surface area contributed by atoms with E-state index in [0.717, 1.165) is 22.9 Å². The third kappa shape index (κ3) is 4.86. The highest BCUT2D eigenvalue weighted by atomic mass is 16.5. The van der Waals surface area contributed by atoms with Crippen LogP contribution in [-0.2, 0) is 6.42 Å². The molecule has 0 aliphatic heterocycles. The molecule has 0 heterocycles. The van der Waals surface area contributed by atoms with Gasteiger partial charge in [0.25, 0.3) is 5.91 Å². The summed E-state index contributed by atoms with van der Waals surface area (Å²) in [6.07, 6.45) is 0.894. The fourth-order valence-electron chi connectivity index (χ4n) is 3.13. The van der Waals surface area contributed by atoms with Gasteiger partial charge in [-0.3, -0.25) is 4.79 Å². The van der Waals surface area contributed by atoms with Gasteiger partial charge in [-0.25, -0.2) is 0 Å². The van der Waals surface area contributed by atoms with E-state index in [1.165, 1.54) is 5.56 Å². The van der Waals surface area contributed by atoms with Crippen LogP contribution in [-0.4, -0.2) is 44.6 Å². The first-order valence-electron chi connectivity index (χ1n) is 9.13. The quantitative estimate of drug-likeness (QED) is 0.696. The number of amides is 1. The van der Waals surface area contributed by atoms with Crippen LogP contribution in [0.25, 0.3) is 10.8 Å². The normalized spacial score (nSPS) is 12.1. The van der Waals surface area contributed by atoms with E-state index in [1.807, 2.05) is 68.7 Å². The monoisotopic (exact) mass is 362 g/mol. The molecule has 0 spiro atoms. The molecule has 3 aromatic carbocycles. The molecule has 0 aliphatic rings. The first-order chi connectivity index (χ1) is 13.1. The molecule has 27 heavy (non-hydrogen) atoms. The Bertz CT molecular complexity index is 907. The third-order valence-electron chi connectivity index (χ3n) is 4.85. The number of rotatable bonds is 7. The summed E-state index contributed by atoms with van der Waals surface area (Å²) in [5, 5.41) is 5.16. The Morgan fingerprint density at radius 3 is 2.41 bits per heavy atom.